The Labute approximate surface area is 91.5 Å². The Morgan fingerprint density at radius 3 is 2.60 bits per heavy atom. The first-order chi connectivity index (χ1) is 7.18. The van der Waals surface area contributed by atoms with Crippen LogP contribution in [0.2, 0.25) is 0 Å². The fourth-order valence-corrected chi connectivity index (χ4v) is 2.40. The summed E-state index contributed by atoms with van der Waals surface area (Å²) < 4.78 is 0. The molecule has 82 valence electrons. The van der Waals surface area contributed by atoms with Gasteiger partial charge in [0, 0.05) is 5.92 Å². The highest BCUT2D eigenvalue weighted by Gasteiger charge is 2.25. The minimum Gasteiger partial charge on any atom is -0.378 e. The summed E-state index contributed by atoms with van der Waals surface area (Å²) in [5.74, 6) is 0.384. The van der Waals surface area contributed by atoms with Gasteiger partial charge in [0.15, 0.2) is 0 Å². The zero-order valence-electron chi connectivity index (χ0n) is 9.48. The van der Waals surface area contributed by atoms with Gasteiger partial charge in [-0.25, -0.2) is 0 Å². The van der Waals surface area contributed by atoms with Crippen LogP contribution in [-0.2, 0) is 12.8 Å². The lowest BCUT2D eigenvalue weighted by Crippen LogP contribution is -2.37. The van der Waals surface area contributed by atoms with Gasteiger partial charge in [0.05, 0.1) is 0 Å². The Morgan fingerprint density at radius 1 is 1.27 bits per heavy atom. The maximum Gasteiger partial charge on any atom is 0.110 e. The molecule has 0 saturated heterocycles. The van der Waals surface area contributed by atoms with E-state index in [1.165, 1.54) is 11.1 Å². The summed E-state index contributed by atoms with van der Waals surface area (Å²) in [6.45, 7) is 0. The third-order valence-corrected chi connectivity index (χ3v) is 3.34. The van der Waals surface area contributed by atoms with Crippen molar-refractivity contribution in [3.63, 3.8) is 0 Å². The number of aliphatic hydroxyl groups excluding tert-OH is 1. The number of aryl methyl sites for hydroxylation is 1. The predicted octanol–water partition coefficient (Wildman–Crippen LogP) is 1.67. The number of rotatable bonds is 2. The van der Waals surface area contributed by atoms with Crippen molar-refractivity contribution in [2.24, 2.45) is 5.92 Å². The van der Waals surface area contributed by atoms with Crippen LogP contribution in [0, 0.1) is 5.92 Å². The first kappa shape index (κ1) is 10.7. The monoisotopic (exact) mass is 205 g/mol. The van der Waals surface area contributed by atoms with Gasteiger partial charge in [0.2, 0.25) is 0 Å². The lowest BCUT2D eigenvalue weighted by molar-refractivity contribution is -0.0146. The van der Waals surface area contributed by atoms with Crippen LogP contribution in [0.5, 0.6) is 0 Å². The fraction of sp³-hybridized carbons (Fsp3) is 0.538. The van der Waals surface area contributed by atoms with Crippen LogP contribution in [0.3, 0.4) is 0 Å². The molecule has 2 unspecified atom stereocenters. The largest absolute Gasteiger partial charge is 0.378 e. The van der Waals surface area contributed by atoms with Crippen LogP contribution >= 0.6 is 0 Å². The van der Waals surface area contributed by atoms with Crippen LogP contribution in [0.1, 0.15) is 17.5 Å². The average molecular weight is 205 g/mol. The summed E-state index contributed by atoms with van der Waals surface area (Å²) in [5.41, 5.74) is 2.87. The molecule has 0 spiro atoms. The molecule has 2 heteroatoms. The molecule has 2 rings (SSSR count). The number of nitrogens with zero attached hydrogens (tertiary/aromatic N) is 1. The molecule has 0 aliphatic heterocycles. The minimum atomic E-state index is -0.307. The predicted molar refractivity (Wildman–Crippen MR) is 61.7 cm³/mol. The summed E-state index contributed by atoms with van der Waals surface area (Å²) >= 11 is 0. The van der Waals surface area contributed by atoms with Crippen LogP contribution < -0.4 is 0 Å². The van der Waals surface area contributed by atoms with Crippen molar-refractivity contribution >= 4 is 0 Å². The van der Waals surface area contributed by atoms with E-state index in [1.54, 1.807) is 0 Å². The summed E-state index contributed by atoms with van der Waals surface area (Å²) in [4.78, 5) is 1.90. The molecule has 1 aliphatic rings. The smallest absolute Gasteiger partial charge is 0.110 e. The minimum absolute atomic E-state index is 0.307. The summed E-state index contributed by atoms with van der Waals surface area (Å²) in [5, 5.41) is 10.0. The van der Waals surface area contributed by atoms with Crippen LogP contribution in [0.4, 0.5) is 0 Å². The second kappa shape index (κ2) is 4.33. The molecule has 15 heavy (non-hydrogen) atoms. The molecule has 0 heterocycles. The van der Waals surface area contributed by atoms with Gasteiger partial charge in [-0.05, 0) is 44.5 Å². The first-order valence-corrected chi connectivity index (χ1v) is 5.60. The van der Waals surface area contributed by atoms with Crippen molar-refractivity contribution in [3.8, 4) is 0 Å². The molecular weight excluding hydrogens is 186 g/mol. The number of aliphatic hydroxyl groups is 1. The molecule has 0 saturated carbocycles. The van der Waals surface area contributed by atoms with E-state index in [9.17, 15) is 5.11 Å². The van der Waals surface area contributed by atoms with Crippen molar-refractivity contribution in [2.45, 2.75) is 25.5 Å². The number of benzene rings is 1. The normalized spacial score (nSPS) is 22.5. The Balaban J connectivity index is 2.12. The Morgan fingerprint density at radius 2 is 1.93 bits per heavy atom. The molecule has 2 atom stereocenters. The van der Waals surface area contributed by atoms with Crippen LogP contribution in [-0.4, -0.2) is 30.3 Å². The van der Waals surface area contributed by atoms with Gasteiger partial charge in [-0.2, -0.15) is 0 Å². The van der Waals surface area contributed by atoms with Gasteiger partial charge in [-0.15, -0.1) is 0 Å². The molecule has 2 nitrogen and oxygen atoms in total. The highest BCUT2D eigenvalue weighted by Crippen LogP contribution is 2.27. The third kappa shape index (κ3) is 2.21. The van der Waals surface area contributed by atoms with Crippen LogP contribution in [0.15, 0.2) is 24.3 Å². The Bertz CT molecular complexity index is 335. The van der Waals surface area contributed by atoms with Crippen LogP contribution in [0.25, 0.3) is 0 Å². The lowest BCUT2D eigenvalue weighted by atomic mass is 9.83. The molecule has 1 aliphatic carbocycles. The van der Waals surface area contributed by atoms with E-state index >= 15 is 0 Å². The molecule has 0 amide bonds. The highest BCUT2D eigenvalue weighted by molar-refractivity contribution is 5.29. The van der Waals surface area contributed by atoms with Crippen molar-refractivity contribution in [1.29, 1.82) is 0 Å². The van der Waals surface area contributed by atoms with Gasteiger partial charge in [-0.3, -0.25) is 4.90 Å². The van der Waals surface area contributed by atoms with Gasteiger partial charge in [0.1, 0.15) is 6.23 Å². The van der Waals surface area contributed by atoms with E-state index in [0.29, 0.717) is 5.92 Å². The fourth-order valence-electron chi connectivity index (χ4n) is 2.40. The van der Waals surface area contributed by atoms with Crippen molar-refractivity contribution in [3.05, 3.63) is 35.4 Å². The maximum absolute atomic E-state index is 10.0. The molecule has 0 bridgehead atoms. The highest BCUT2D eigenvalue weighted by atomic mass is 16.3. The summed E-state index contributed by atoms with van der Waals surface area (Å²) in [7, 11) is 3.87. The molecule has 1 N–H and O–H groups in total. The average Bonchev–Trinajstić information content (AvgIpc) is 2.27. The summed E-state index contributed by atoms with van der Waals surface area (Å²) in [6.07, 6.45) is 2.90. The standard InChI is InChI=1S/C13H19NO/c1-14(2)13(15)12-8-7-10-5-3-4-6-11(10)9-12/h3-6,12-13,15H,7-9H2,1-2H3. The van der Waals surface area contributed by atoms with E-state index in [-0.39, 0.29) is 6.23 Å². The van der Waals surface area contributed by atoms with E-state index in [0.717, 1.165) is 19.3 Å². The van der Waals surface area contributed by atoms with Gasteiger partial charge in [0.25, 0.3) is 0 Å². The van der Waals surface area contributed by atoms with E-state index < -0.39 is 0 Å². The van der Waals surface area contributed by atoms with Crippen molar-refractivity contribution in [1.82, 2.24) is 4.90 Å². The molecule has 0 radical (unpaired) electrons. The second-order valence-electron chi connectivity index (χ2n) is 4.65. The zero-order chi connectivity index (χ0) is 10.8. The van der Waals surface area contributed by atoms with Gasteiger partial charge >= 0.3 is 0 Å². The molecule has 0 fully saturated rings. The quantitative estimate of drug-likeness (QED) is 0.742. The molecule has 1 aromatic rings. The van der Waals surface area contributed by atoms with Gasteiger partial charge in [-0.1, -0.05) is 24.3 Å². The topological polar surface area (TPSA) is 23.5 Å². The van der Waals surface area contributed by atoms with E-state index in [1.807, 2.05) is 19.0 Å². The number of fused-ring (bicyclic) bond motifs is 1. The Hall–Kier alpha value is -0.860. The van der Waals surface area contributed by atoms with E-state index in [4.69, 9.17) is 0 Å². The molecule has 1 aromatic carbocycles. The lowest BCUT2D eigenvalue weighted by Gasteiger charge is -2.31. The Kier molecular flexibility index (Phi) is 3.08. The van der Waals surface area contributed by atoms with E-state index in [2.05, 4.69) is 24.3 Å². The summed E-state index contributed by atoms with van der Waals surface area (Å²) in [6, 6.07) is 8.57. The first-order valence-electron chi connectivity index (χ1n) is 5.60. The van der Waals surface area contributed by atoms with Crippen molar-refractivity contribution < 1.29 is 5.11 Å². The van der Waals surface area contributed by atoms with Crippen molar-refractivity contribution in [2.75, 3.05) is 14.1 Å². The molecular formula is C13H19NO. The number of hydrogen-bond acceptors (Lipinski definition) is 2. The SMILES string of the molecule is CN(C)C(O)C1CCc2ccccc2C1. The third-order valence-electron chi connectivity index (χ3n) is 3.34. The molecule has 0 aromatic heterocycles. The van der Waals surface area contributed by atoms with Gasteiger partial charge < -0.3 is 5.11 Å². The maximum atomic E-state index is 10.0. The number of hydrogen-bond donors (Lipinski definition) is 1. The zero-order valence-corrected chi connectivity index (χ0v) is 9.48. The second-order valence-corrected chi connectivity index (χ2v) is 4.65.